The smallest absolute Gasteiger partial charge is 0.246 e. The molecule has 0 atom stereocenters. The summed E-state index contributed by atoms with van der Waals surface area (Å²) in [6, 6.07) is 15.6. The van der Waals surface area contributed by atoms with Gasteiger partial charge >= 0.3 is 0 Å². The van der Waals surface area contributed by atoms with Gasteiger partial charge in [-0.25, -0.2) is 0 Å². The van der Waals surface area contributed by atoms with Gasteiger partial charge in [0.05, 0.1) is 6.54 Å². The second-order valence-corrected chi connectivity index (χ2v) is 6.22. The summed E-state index contributed by atoms with van der Waals surface area (Å²) in [5.41, 5.74) is 3.27. The van der Waals surface area contributed by atoms with E-state index in [2.05, 4.69) is 50.9 Å². The normalized spacial score (nSPS) is 11.0. The molecule has 0 aliphatic heterocycles. The molecule has 0 aliphatic rings. The van der Waals surface area contributed by atoms with Crippen molar-refractivity contribution in [3.8, 4) is 11.4 Å². The van der Waals surface area contributed by atoms with Crippen molar-refractivity contribution in [2.75, 3.05) is 7.05 Å². The Hall–Kier alpha value is -2.13. The maximum Gasteiger partial charge on any atom is 0.246 e. The van der Waals surface area contributed by atoms with Crippen LogP contribution in [-0.2, 0) is 13.1 Å². The van der Waals surface area contributed by atoms with Gasteiger partial charge in [-0.1, -0.05) is 46.6 Å². The minimum absolute atomic E-state index is 0. The van der Waals surface area contributed by atoms with Crippen LogP contribution in [0, 0.1) is 6.92 Å². The van der Waals surface area contributed by atoms with E-state index in [0.29, 0.717) is 35.8 Å². The van der Waals surface area contributed by atoms with Gasteiger partial charge in [-0.2, -0.15) is 4.98 Å². The number of nitrogens with one attached hydrogen (secondary N) is 2. The molecular formula is C19H21ClIN5O. The van der Waals surface area contributed by atoms with Crippen LogP contribution in [0.2, 0.25) is 5.02 Å². The topological polar surface area (TPSA) is 75.3 Å². The highest BCUT2D eigenvalue weighted by Gasteiger charge is 2.09. The van der Waals surface area contributed by atoms with Crippen molar-refractivity contribution in [3.63, 3.8) is 0 Å². The number of guanidine groups is 1. The van der Waals surface area contributed by atoms with Gasteiger partial charge in [-0.3, -0.25) is 4.99 Å². The Bertz CT molecular complexity index is 895. The Morgan fingerprint density at radius 3 is 2.56 bits per heavy atom. The van der Waals surface area contributed by atoms with Gasteiger partial charge in [0.15, 0.2) is 5.96 Å². The molecule has 142 valence electrons. The molecule has 2 N–H and O–H groups in total. The Morgan fingerprint density at radius 1 is 1.11 bits per heavy atom. The first kappa shape index (κ1) is 21.2. The zero-order valence-electron chi connectivity index (χ0n) is 15.1. The molecule has 0 fully saturated rings. The van der Waals surface area contributed by atoms with E-state index in [0.717, 1.165) is 5.56 Å². The predicted molar refractivity (Wildman–Crippen MR) is 118 cm³/mol. The lowest BCUT2D eigenvalue weighted by Crippen LogP contribution is -2.36. The van der Waals surface area contributed by atoms with E-state index in [1.54, 1.807) is 19.2 Å². The van der Waals surface area contributed by atoms with Crippen molar-refractivity contribution in [1.82, 2.24) is 20.8 Å². The molecule has 1 aromatic heterocycles. The zero-order chi connectivity index (χ0) is 18.4. The zero-order valence-corrected chi connectivity index (χ0v) is 18.2. The summed E-state index contributed by atoms with van der Waals surface area (Å²) in [6.45, 7) is 3.14. The Kier molecular flexibility index (Phi) is 8.05. The molecule has 0 unspecified atom stereocenters. The van der Waals surface area contributed by atoms with Gasteiger partial charge in [0.25, 0.3) is 0 Å². The maximum absolute atomic E-state index is 5.89. The first-order valence-corrected chi connectivity index (χ1v) is 8.60. The summed E-state index contributed by atoms with van der Waals surface area (Å²) in [5, 5.41) is 11.1. The van der Waals surface area contributed by atoms with Gasteiger partial charge in [0, 0.05) is 24.2 Å². The quantitative estimate of drug-likeness (QED) is 0.314. The highest BCUT2D eigenvalue weighted by Crippen LogP contribution is 2.18. The lowest BCUT2D eigenvalue weighted by Gasteiger charge is -2.10. The molecule has 8 heteroatoms. The number of benzene rings is 2. The molecule has 0 amide bonds. The van der Waals surface area contributed by atoms with Crippen LogP contribution in [0.4, 0.5) is 0 Å². The van der Waals surface area contributed by atoms with E-state index in [1.807, 2.05) is 18.2 Å². The highest BCUT2D eigenvalue weighted by molar-refractivity contribution is 14.0. The van der Waals surface area contributed by atoms with E-state index >= 15 is 0 Å². The third-order valence-corrected chi connectivity index (χ3v) is 4.00. The molecule has 3 rings (SSSR count). The lowest BCUT2D eigenvalue weighted by atomic mass is 10.1. The van der Waals surface area contributed by atoms with Crippen LogP contribution in [0.1, 0.15) is 17.0 Å². The highest BCUT2D eigenvalue weighted by atomic mass is 127. The van der Waals surface area contributed by atoms with Crippen LogP contribution in [0.3, 0.4) is 0 Å². The van der Waals surface area contributed by atoms with Crippen LogP contribution in [0.15, 0.2) is 58.0 Å². The van der Waals surface area contributed by atoms with Gasteiger partial charge < -0.3 is 15.2 Å². The Balaban J connectivity index is 0.00000261. The Morgan fingerprint density at radius 2 is 1.85 bits per heavy atom. The number of rotatable bonds is 5. The molecular weight excluding hydrogens is 477 g/mol. The number of hydrogen-bond acceptors (Lipinski definition) is 4. The largest absolute Gasteiger partial charge is 0.352 e. The predicted octanol–water partition coefficient (Wildman–Crippen LogP) is 4.18. The van der Waals surface area contributed by atoms with Crippen LogP contribution in [-0.4, -0.2) is 23.1 Å². The van der Waals surface area contributed by atoms with E-state index in [1.165, 1.54) is 11.1 Å². The summed E-state index contributed by atoms with van der Waals surface area (Å²) >= 11 is 5.89. The van der Waals surface area contributed by atoms with Crippen molar-refractivity contribution < 1.29 is 4.52 Å². The van der Waals surface area contributed by atoms with Crippen LogP contribution in [0.25, 0.3) is 11.4 Å². The number of halogens is 2. The maximum atomic E-state index is 5.89. The van der Waals surface area contributed by atoms with Gasteiger partial charge in [0.2, 0.25) is 11.7 Å². The van der Waals surface area contributed by atoms with E-state index in [-0.39, 0.29) is 24.0 Å². The number of hydrogen-bond donors (Lipinski definition) is 2. The third-order valence-electron chi connectivity index (χ3n) is 3.74. The minimum atomic E-state index is 0. The molecule has 0 aliphatic carbocycles. The van der Waals surface area contributed by atoms with Crippen LogP contribution in [0.5, 0.6) is 0 Å². The number of aryl methyl sites for hydroxylation is 1. The second kappa shape index (κ2) is 10.3. The fraction of sp³-hybridized carbons (Fsp3) is 0.211. The fourth-order valence-electron chi connectivity index (χ4n) is 2.43. The van der Waals surface area contributed by atoms with Gasteiger partial charge in [0.1, 0.15) is 0 Å². The van der Waals surface area contributed by atoms with E-state index < -0.39 is 0 Å². The lowest BCUT2D eigenvalue weighted by molar-refractivity contribution is 0.375. The molecule has 0 radical (unpaired) electrons. The summed E-state index contributed by atoms with van der Waals surface area (Å²) in [6.07, 6.45) is 0. The van der Waals surface area contributed by atoms with Crippen LogP contribution < -0.4 is 10.6 Å². The molecule has 0 spiro atoms. The standard InChI is InChI=1S/C19H20ClN5O.HI/c1-13-4-3-5-14(10-13)11-22-19(21-2)23-12-17-24-18(25-26-17)15-6-8-16(20)9-7-15;/h3-10H,11-12H2,1-2H3,(H2,21,22,23);1H. The average molecular weight is 498 g/mol. The molecule has 0 saturated heterocycles. The molecule has 1 heterocycles. The third kappa shape index (κ3) is 6.21. The van der Waals surface area contributed by atoms with Crippen molar-refractivity contribution >= 4 is 41.5 Å². The number of aliphatic imine (C=N–C) groups is 1. The van der Waals surface area contributed by atoms with Crippen LogP contribution >= 0.6 is 35.6 Å². The monoisotopic (exact) mass is 497 g/mol. The fourth-order valence-corrected chi connectivity index (χ4v) is 2.56. The molecule has 2 aromatic carbocycles. The first-order chi connectivity index (χ1) is 12.6. The molecule has 6 nitrogen and oxygen atoms in total. The SMILES string of the molecule is CN=C(NCc1cccc(C)c1)NCc1nc(-c2ccc(Cl)cc2)no1.I. The number of nitrogens with zero attached hydrogens (tertiary/aromatic N) is 3. The first-order valence-electron chi connectivity index (χ1n) is 8.22. The van der Waals surface area contributed by atoms with Crippen molar-refractivity contribution in [2.24, 2.45) is 4.99 Å². The van der Waals surface area contributed by atoms with Gasteiger partial charge in [-0.05, 0) is 36.8 Å². The van der Waals surface area contributed by atoms with Crippen molar-refractivity contribution in [1.29, 1.82) is 0 Å². The minimum Gasteiger partial charge on any atom is -0.352 e. The second-order valence-electron chi connectivity index (χ2n) is 5.79. The summed E-state index contributed by atoms with van der Waals surface area (Å²) < 4.78 is 5.28. The summed E-state index contributed by atoms with van der Waals surface area (Å²) in [7, 11) is 1.72. The molecule has 0 bridgehead atoms. The average Bonchev–Trinajstić information content (AvgIpc) is 3.11. The van der Waals surface area contributed by atoms with Crippen molar-refractivity contribution in [2.45, 2.75) is 20.0 Å². The summed E-state index contributed by atoms with van der Waals surface area (Å²) in [4.78, 5) is 8.59. The van der Waals surface area contributed by atoms with Gasteiger partial charge in [-0.15, -0.1) is 24.0 Å². The van der Waals surface area contributed by atoms with E-state index in [4.69, 9.17) is 16.1 Å². The molecule has 27 heavy (non-hydrogen) atoms. The molecule has 0 saturated carbocycles. The van der Waals surface area contributed by atoms with E-state index in [9.17, 15) is 0 Å². The molecule has 3 aromatic rings. The Labute approximate surface area is 180 Å². The number of aromatic nitrogens is 2. The van der Waals surface area contributed by atoms with Crippen molar-refractivity contribution in [3.05, 3.63) is 70.6 Å². The summed E-state index contributed by atoms with van der Waals surface area (Å²) in [5.74, 6) is 1.67.